The summed E-state index contributed by atoms with van der Waals surface area (Å²) in [4.78, 5) is -0.266. The Kier molecular flexibility index (Phi) is 16.2. The molecule has 0 aliphatic carbocycles. The molecule has 0 saturated heterocycles. The van der Waals surface area contributed by atoms with Gasteiger partial charge in [0.2, 0.25) is 0 Å². The summed E-state index contributed by atoms with van der Waals surface area (Å²) in [5, 5.41) is 19.6. The second-order valence-corrected chi connectivity index (χ2v) is 7.43. The highest BCUT2D eigenvalue weighted by atomic mass is 32.3. The number of azo groups is 1. The lowest BCUT2D eigenvalue weighted by Gasteiger charge is -2.22. The van der Waals surface area contributed by atoms with Gasteiger partial charge in [-0.1, -0.05) is 71.5 Å². The molecule has 0 spiro atoms. The molecule has 33 heavy (non-hydrogen) atoms. The van der Waals surface area contributed by atoms with Gasteiger partial charge in [0.25, 0.3) is 0 Å². The van der Waals surface area contributed by atoms with Crippen LogP contribution in [0.3, 0.4) is 0 Å². The number of nitrogens with zero attached hydrogens (tertiary/aromatic N) is 2. The van der Waals surface area contributed by atoms with Gasteiger partial charge in [0.1, 0.15) is 16.6 Å². The summed E-state index contributed by atoms with van der Waals surface area (Å²) in [7, 11) is -4.08. The van der Waals surface area contributed by atoms with Crippen molar-refractivity contribution in [2.24, 2.45) is 10.2 Å². The summed E-state index contributed by atoms with van der Waals surface area (Å²) in [6.07, 6.45) is 0. The van der Waals surface area contributed by atoms with Gasteiger partial charge in [-0.25, -0.2) is 4.21 Å². The predicted molar refractivity (Wildman–Crippen MR) is 136 cm³/mol. The SMILES string of the molecule is C.CC.CC.Cc1cccc2cc(S(O)(O)O)c(N=Nc3ccccc3)c(O)c12.O=S([O-])O. The number of hydrogen-bond acceptors (Lipinski definition) is 8. The average Bonchev–Trinajstić information content (AvgIpc) is 2.75. The van der Waals surface area contributed by atoms with Gasteiger partial charge in [0.15, 0.2) is 5.75 Å². The van der Waals surface area contributed by atoms with E-state index in [1.165, 1.54) is 6.07 Å². The largest absolute Gasteiger partial charge is 0.750 e. The molecule has 3 aromatic rings. The number of phenols is 1. The number of aryl methyl sites for hydroxylation is 1. The highest BCUT2D eigenvalue weighted by Gasteiger charge is 2.25. The van der Waals surface area contributed by atoms with E-state index >= 15 is 0 Å². The first-order chi connectivity index (χ1) is 15.1. The first-order valence-electron chi connectivity index (χ1n) is 9.62. The summed E-state index contributed by atoms with van der Waals surface area (Å²) < 4.78 is 53.2. The number of hydrogen-bond donors (Lipinski definition) is 5. The van der Waals surface area contributed by atoms with Crippen molar-refractivity contribution in [3.63, 3.8) is 0 Å². The van der Waals surface area contributed by atoms with Crippen LogP contribution in [0.2, 0.25) is 0 Å². The molecule has 3 rings (SSSR count). The van der Waals surface area contributed by atoms with Gasteiger partial charge in [-0.15, -0.1) is 5.11 Å². The smallest absolute Gasteiger partial charge is 0.152 e. The van der Waals surface area contributed by atoms with Crippen LogP contribution in [0.25, 0.3) is 10.8 Å². The van der Waals surface area contributed by atoms with E-state index < -0.39 is 22.2 Å². The number of rotatable bonds is 3. The molecule has 11 heteroatoms. The predicted octanol–water partition coefficient (Wildman–Crippen LogP) is 7.88. The van der Waals surface area contributed by atoms with Gasteiger partial charge in [-0.3, -0.25) is 0 Å². The van der Waals surface area contributed by atoms with Crippen LogP contribution in [0.15, 0.2) is 69.7 Å². The molecule has 0 aliphatic heterocycles. The topological polar surface area (TPSA) is 166 Å². The Bertz CT molecular complexity index is 1020. The highest BCUT2D eigenvalue weighted by Crippen LogP contribution is 2.54. The molecule has 0 bridgehead atoms. The lowest BCUT2D eigenvalue weighted by molar-refractivity contribution is 0.375. The van der Waals surface area contributed by atoms with Crippen LogP contribution in [-0.4, -0.2) is 32.1 Å². The fraction of sp³-hybridized carbons (Fsp3) is 0.273. The van der Waals surface area contributed by atoms with E-state index in [1.54, 1.807) is 36.4 Å². The number of aromatic hydroxyl groups is 1. The molecular weight excluding hydrogens is 468 g/mol. The monoisotopic (exact) mass is 501 g/mol. The fourth-order valence-electron chi connectivity index (χ4n) is 2.49. The van der Waals surface area contributed by atoms with Gasteiger partial charge in [-0.2, -0.15) is 5.11 Å². The van der Waals surface area contributed by atoms with Crippen molar-refractivity contribution >= 4 is 44.4 Å². The lowest BCUT2D eigenvalue weighted by Crippen LogP contribution is -1.97. The molecular formula is C22H33N2O7S2-. The van der Waals surface area contributed by atoms with Crippen LogP contribution in [0, 0.1) is 6.92 Å². The van der Waals surface area contributed by atoms with E-state index in [1.807, 2.05) is 46.8 Å². The summed E-state index contributed by atoms with van der Waals surface area (Å²) in [6, 6.07) is 15.5. The minimum Gasteiger partial charge on any atom is -0.750 e. The molecule has 1 unspecified atom stereocenters. The van der Waals surface area contributed by atoms with Crippen LogP contribution in [0.5, 0.6) is 5.75 Å². The van der Waals surface area contributed by atoms with Gasteiger partial charge in [-0.05, 0) is 36.1 Å². The van der Waals surface area contributed by atoms with Crippen molar-refractivity contribution in [2.45, 2.75) is 46.9 Å². The second-order valence-electron chi connectivity index (χ2n) is 5.52. The van der Waals surface area contributed by atoms with Crippen LogP contribution < -0.4 is 0 Å². The van der Waals surface area contributed by atoms with E-state index in [0.29, 0.717) is 16.5 Å². The Labute approximate surface area is 199 Å². The zero-order valence-electron chi connectivity index (χ0n) is 18.5. The van der Waals surface area contributed by atoms with Crippen molar-refractivity contribution in [3.8, 4) is 5.75 Å². The van der Waals surface area contributed by atoms with Gasteiger partial charge in [0.05, 0.1) is 21.9 Å². The first kappa shape index (κ1) is 32.8. The molecule has 0 radical (unpaired) electrons. The van der Waals surface area contributed by atoms with Crippen LogP contribution in [0.4, 0.5) is 11.4 Å². The third kappa shape index (κ3) is 10.4. The van der Waals surface area contributed by atoms with E-state index in [9.17, 15) is 18.8 Å². The third-order valence-electron chi connectivity index (χ3n) is 3.60. The summed E-state index contributed by atoms with van der Waals surface area (Å²) >= 11 is -2.86. The lowest BCUT2D eigenvalue weighted by atomic mass is 10.0. The third-order valence-corrected chi connectivity index (χ3v) is 4.50. The zero-order chi connectivity index (χ0) is 24.9. The molecule has 1 atom stereocenters. The Hall–Kier alpha value is -2.38. The maximum atomic E-state index is 10.6. The molecule has 3 aromatic carbocycles. The Morgan fingerprint density at radius 3 is 1.91 bits per heavy atom. The molecule has 0 aliphatic rings. The fourth-order valence-corrected chi connectivity index (χ4v) is 3.17. The normalized spacial score (nSPS) is 11.6. The van der Waals surface area contributed by atoms with Crippen molar-refractivity contribution in [1.82, 2.24) is 0 Å². The molecule has 0 amide bonds. The van der Waals surface area contributed by atoms with Crippen molar-refractivity contribution in [2.75, 3.05) is 0 Å². The van der Waals surface area contributed by atoms with Gasteiger partial charge < -0.3 is 27.9 Å². The Morgan fingerprint density at radius 1 is 0.909 bits per heavy atom. The van der Waals surface area contributed by atoms with Crippen molar-refractivity contribution in [3.05, 3.63) is 60.2 Å². The maximum absolute atomic E-state index is 10.6. The van der Waals surface area contributed by atoms with E-state index in [-0.39, 0.29) is 23.8 Å². The standard InChI is InChI=1S/C17H16N2O4S.2C2H6.CH4.H2O3S/c1-11-6-5-7-12-10-14(24(21,22)23)16(17(20)15(11)12)19-18-13-8-3-2-4-9-13;2*1-2;;1-4(2)3/h2-10,20-23H,1H3;2*1-2H3;1H4;(H2,1,2,3)/p-1. The molecule has 0 fully saturated rings. The maximum Gasteiger partial charge on any atom is 0.152 e. The zero-order valence-corrected chi connectivity index (χ0v) is 20.1. The number of benzene rings is 3. The molecule has 0 heterocycles. The van der Waals surface area contributed by atoms with E-state index in [2.05, 4.69) is 10.2 Å². The minimum absolute atomic E-state index is 0. The first-order valence-corrected chi connectivity index (χ1v) is 12.2. The van der Waals surface area contributed by atoms with E-state index in [0.717, 1.165) is 5.56 Å². The van der Waals surface area contributed by atoms with Gasteiger partial charge in [0, 0.05) is 5.39 Å². The van der Waals surface area contributed by atoms with Crippen molar-refractivity contribution in [1.29, 1.82) is 0 Å². The molecule has 186 valence electrons. The molecule has 0 aromatic heterocycles. The highest BCUT2D eigenvalue weighted by molar-refractivity contribution is 8.19. The van der Waals surface area contributed by atoms with Crippen LogP contribution in [-0.2, 0) is 11.4 Å². The average molecular weight is 502 g/mol. The summed E-state index contributed by atoms with van der Waals surface area (Å²) in [5.74, 6) is -0.255. The summed E-state index contributed by atoms with van der Waals surface area (Å²) in [5.41, 5.74) is 1.16. The molecule has 0 saturated carbocycles. The van der Waals surface area contributed by atoms with Crippen molar-refractivity contribution < 1.29 is 32.1 Å². The quantitative estimate of drug-likeness (QED) is 0.180. The molecule has 9 nitrogen and oxygen atoms in total. The number of fused-ring (bicyclic) bond motifs is 1. The van der Waals surface area contributed by atoms with E-state index in [4.69, 9.17) is 13.3 Å². The summed E-state index contributed by atoms with van der Waals surface area (Å²) in [6.45, 7) is 9.82. The van der Waals surface area contributed by atoms with Crippen LogP contribution in [0.1, 0.15) is 40.7 Å². The molecule has 5 N–H and O–H groups in total. The van der Waals surface area contributed by atoms with Gasteiger partial charge >= 0.3 is 0 Å². The Balaban J connectivity index is 0. The number of phenolic OH excluding ortho intramolecular Hbond substituents is 1. The Morgan fingerprint density at radius 2 is 1.42 bits per heavy atom. The second kappa shape index (κ2) is 16.3. The van der Waals surface area contributed by atoms with Crippen LogP contribution >= 0.6 is 10.9 Å². The minimum atomic E-state index is -4.08.